The number of hydrogen-bond acceptors (Lipinski definition) is 2. The van der Waals surface area contributed by atoms with Crippen LogP contribution in [0.25, 0.3) is 0 Å². The van der Waals surface area contributed by atoms with Crippen molar-refractivity contribution >= 4 is 5.97 Å². The molecule has 0 amide bonds. The van der Waals surface area contributed by atoms with Crippen molar-refractivity contribution in [3.8, 4) is 0 Å². The molecule has 2 atom stereocenters. The molecule has 1 fully saturated rings. The predicted molar refractivity (Wildman–Crippen MR) is 35.9 cm³/mol. The largest absolute Gasteiger partial charge is 0.464 e. The number of hydrogen-bond donors (Lipinski definition) is 1. The Hall–Kier alpha value is -0.830. The monoisotopic (exact) mass is 142 g/mol. The van der Waals surface area contributed by atoms with E-state index >= 15 is 0 Å². The van der Waals surface area contributed by atoms with Gasteiger partial charge in [-0.2, -0.15) is 0 Å². The summed E-state index contributed by atoms with van der Waals surface area (Å²) >= 11 is 0. The highest BCUT2D eigenvalue weighted by Gasteiger charge is 2.61. The second kappa shape index (κ2) is 2.09. The van der Waals surface area contributed by atoms with E-state index in [9.17, 15) is 4.79 Å². The van der Waals surface area contributed by atoms with Crippen molar-refractivity contribution in [3.63, 3.8) is 0 Å². The van der Waals surface area contributed by atoms with E-state index in [0.717, 1.165) is 6.42 Å². The number of quaternary nitrogens is 1. The van der Waals surface area contributed by atoms with Crippen LogP contribution in [0.5, 0.6) is 0 Å². The zero-order chi connectivity index (χ0) is 7.78. The number of esters is 1. The first kappa shape index (κ1) is 7.28. The summed E-state index contributed by atoms with van der Waals surface area (Å²) in [4.78, 5) is 10.9. The molecular formula is C7H12NO2+. The minimum atomic E-state index is -0.503. The molecule has 0 heterocycles. The molecule has 56 valence electrons. The lowest BCUT2D eigenvalue weighted by atomic mass is 10.2. The fraction of sp³-hybridized carbons (Fsp3) is 0.571. The molecule has 0 saturated heterocycles. The van der Waals surface area contributed by atoms with Crippen LogP contribution in [0.2, 0.25) is 0 Å². The fourth-order valence-electron chi connectivity index (χ4n) is 1.08. The quantitative estimate of drug-likeness (QED) is 0.411. The maximum absolute atomic E-state index is 10.9. The van der Waals surface area contributed by atoms with E-state index in [2.05, 4.69) is 17.0 Å². The number of carbonyl (C=O) groups is 1. The maximum atomic E-state index is 10.9. The summed E-state index contributed by atoms with van der Waals surface area (Å²) in [6, 6.07) is 0. The van der Waals surface area contributed by atoms with Crippen molar-refractivity contribution in [3.05, 3.63) is 12.7 Å². The predicted octanol–water partition coefficient (Wildman–Crippen LogP) is -0.654. The summed E-state index contributed by atoms with van der Waals surface area (Å²) in [5, 5.41) is 0. The number of ether oxygens (including phenoxy) is 1. The number of carbonyl (C=O) groups excluding carboxylic acids is 1. The molecule has 0 spiro atoms. The van der Waals surface area contributed by atoms with E-state index in [0.29, 0.717) is 0 Å². The average molecular weight is 142 g/mol. The molecule has 0 radical (unpaired) electrons. The van der Waals surface area contributed by atoms with Crippen molar-refractivity contribution in [2.24, 2.45) is 5.92 Å². The Morgan fingerprint density at radius 3 is 2.90 bits per heavy atom. The third kappa shape index (κ3) is 0.827. The van der Waals surface area contributed by atoms with Crippen LogP contribution in [-0.2, 0) is 9.53 Å². The Kier molecular flexibility index (Phi) is 1.52. The Labute approximate surface area is 59.8 Å². The summed E-state index contributed by atoms with van der Waals surface area (Å²) in [6.07, 6.45) is 2.53. The van der Waals surface area contributed by atoms with Gasteiger partial charge in [0.05, 0.1) is 7.11 Å². The summed E-state index contributed by atoms with van der Waals surface area (Å²) in [5.41, 5.74) is 3.26. The third-order valence-electron chi connectivity index (χ3n) is 2.01. The SMILES string of the molecule is C=CC1CC1([NH3+])C(=O)OC. The molecule has 0 aliphatic heterocycles. The van der Waals surface area contributed by atoms with Gasteiger partial charge in [0.1, 0.15) is 0 Å². The van der Waals surface area contributed by atoms with Crippen molar-refractivity contribution in [1.82, 2.24) is 0 Å². The minimum absolute atomic E-state index is 0.222. The standard InChI is InChI=1S/C7H11NO2/c1-3-5-4-7(5,8)6(9)10-2/h3,5H,1,4,8H2,2H3/p+1. The van der Waals surface area contributed by atoms with Crippen molar-refractivity contribution in [2.75, 3.05) is 7.11 Å². The fourth-order valence-corrected chi connectivity index (χ4v) is 1.08. The normalized spacial score (nSPS) is 36.8. The second-order valence-electron chi connectivity index (χ2n) is 2.69. The van der Waals surface area contributed by atoms with Crippen LogP contribution in [0.3, 0.4) is 0 Å². The molecule has 2 unspecified atom stereocenters. The summed E-state index contributed by atoms with van der Waals surface area (Å²) in [6.45, 7) is 3.59. The van der Waals surface area contributed by atoms with Gasteiger partial charge in [-0.3, -0.25) is 0 Å². The van der Waals surface area contributed by atoms with Gasteiger partial charge in [0, 0.05) is 12.3 Å². The lowest BCUT2D eigenvalue weighted by Crippen LogP contribution is -2.69. The molecule has 0 bridgehead atoms. The van der Waals surface area contributed by atoms with Crippen LogP contribution in [0, 0.1) is 5.92 Å². The molecule has 3 N–H and O–H groups in total. The molecule has 0 aromatic rings. The van der Waals surface area contributed by atoms with Gasteiger partial charge in [-0.1, -0.05) is 6.08 Å². The first-order chi connectivity index (χ1) is 4.65. The van der Waals surface area contributed by atoms with Crippen molar-refractivity contribution in [1.29, 1.82) is 0 Å². The summed E-state index contributed by atoms with van der Waals surface area (Å²) in [5.74, 6) is -0.00245. The molecule has 3 heteroatoms. The molecular weight excluding hydrogens is 130 g/mol. The van der Waals surface area contributed by atoms with Crippen molar-refractivity contribution < 1.29 is 15.3 Å². The Morgan fingerprint density at radius 1 is 2.00 bits per heavy atom. The Morgan fingerprint density at radius 2 is 2.60 bits per heavy atom. The van der Waals surface area contributed by atoms with Gasteiger partial charge in [-0.15, -0.1) is 6.58 Å². The van der Waals surface area contributed by atoms with Gasteiger partial charge in [-0.05, 0) is 0 Å². The molecule has 1 aliphatic rings. The first-order valence-corrected chi connectivity index (χ1v) is 3.21. The van der Waals surface area contributed by atoms with E-state index in [4.69, 9.17) is 0 Å². The van der Waals surface area contributed by atoms with Gasteiger partial charge < -0.3 is 10.5 Å². The van der Waals surface area contributed by atoms with Gasteiger partial charge in [0.25, 0.3) is 0 Å². The van der Waals surface area contributed by atoms with E-state index in [1.54, 1.807) is 6.08 Å². The Bertz CT molecular complexity index is 178. The maximum Gasteiger partial charge on any atom is 0.368 e. The zero-order valence-electron chi connectivity index (χ0n) is 6.09. The van der Waals surface area contributed by atoms with Gasteiger partial charge in [0.2, 0.25) is 0 Å². The highest BCUT2D eigenvalue weighted by Crippen LogP contribution is 2.40. The molecule has 1 rings (SSSR count). The highest BCUT2D eigenvalue weighted by atomic mass is 16.5. The summed E-state index contributed by atoms with van der Waals surface area (Å²) in [7, 11) is 1.38. The lowest BCUT2D eigenvalue weighted by Gasteiger charge is -2.01. The second-order valence-corrected chi connectivity index (χ2v) is 2.69. The van der Waals surface area contributed by atoms with Crippen molar-refractivity contribution in [2.45, 2.75) is 12.0 Å². The van der Waals surface area contributed by atoms with Crippen LogP contribution in [0.1, 0.15) is 6.42 Å². The molecule has 1 saturated carbocycles. The zero-order valence-corrected chi connectivity index (χ0v) is 6.09. The van der Waals surface area contributed by atoms with Gasteiger partial charge >= 0.3 is 5.97 Å². The van der Waals surface area contributed by atoms with E-state index < -0.39 is 5.54 Å². The smallest absolute Gasteiger partial charge is 0.368 e. The highest BCUT2D eigenvalue weighted by molar-refractivity contribution is 5.83. The summed E-state index contributed by atoms with van der Waals surface area (Å²) < 4.78 is 4.56. The number of methoxy groups -OCH3 is 1. The molecule has 10 heavy (non-hydrogen) atoms. The van der Waals surface area contributed by atoms with Crippen LogP contribution >= 0.6 is 0 Å². The first-order valence-electron chi connectivity index (χ1n) is 3.21. The molecule has 3 nitrogen and oxygen atoms in total. The molecule has 0 aromatic carbocycles. The van der Waals surface area contributed by atoms with Crippen LogP contribution in [0.15, 0.2) is 12.7 Å². The molecule has 0 aromatic heterocycles. The van der Waals surface area contributed by atoms with Crippen LogP contribution in [0.4, 0.5) is 0 Å². The van der Waals surface area contributed by atoms with E-state index in [1.807, 2.05) is 0 Å². The van der Waals surface area contributed by atoms with Gasteiger partial charge in [-0.25, -0.2) is 4.79 Å². The molecule has 1 aliphatic carbocycles. The lowest BCUT2D eigenvalue weighted by molar-refractivity contribution is -0.428. The van der Waals surface area contributed by atoms with Crippen LogP contribution < -0.4 is 5.73 Å². The van der Waals surface area contributed by atoms with E-state index in [1.165, 1.54) is 7.11 Å². The Balaban J connectivity index is 2.58. The topological polar surface area (TPSA) is 53.9 Å². The van der Waals surface area contributed by atoms with Crippen LogP contribution in [-0.4, -0.2) is 18.6 Å². The third-order valence-corrected chi connectivity index (χ3v) is 2.01. The minimum Gasteiger partial charge on any atom is -0.464 e. The van der Waals surface area contributed by atoms with Gasteiger partial charge in [0.15, 0.2) is 5.54 Å². The van der Waals surface area contributed by atoms with E-state index in [-0.39, 0.29) is 11.9 Å². The number of rotatable bonds is 2. The average Bonchev–Trinajstić information content (AvgIpc) is 2.61.